The molecule has 3 amide bonds. The van der Waals surface area contributed by atoms with E-state index < -0.39 is 35.6 Å². The van der Waals surface area contributed by atoms with E-state index in [2.05, 4.69) is 5.32 Å². The van der Waals surface area contributed by atoms with Gasteiger partial charge in [0, 0.05) is 23.0 Å². The van der Waals surface area contributed by atoms with E-state index >= 15 is 0 Å². The molecule has 50 heavy (non-hydrogen) atoms. The Morgan fingerprint density at radius 2 is 1.66 bits per heavy atom. The third-order valence-electron chi connectivity index (χ3n) is 9.92. The number of benzodiazepines with no additional fused rings is 1. The number of hydrogen-bond acceptors (Lipinski definition) is 4. The zero-order chi connectivity index (χ0) is 35.2. The van der Waals surface area contributed by atoms with Crippen LogP contribution in [-0.2, 0) is 20.9 Å². The van der Waals surface area contributed by atoms with E-state index in [4.69, 9.17) is 22.3 Å². The molecule has 1 aliphatic heterocycles. The number of unbranched alkanes of at least 4 members (excludes halogenated alkanes) is 1. The van der Waals surface area contributed by atoms with Crippen LogP contribution in [0.15, 0.2) is 102 Å². The second-order valence-electron chi connectivity index (χ2n) is 13.3. The van der Waals surface area contributed by atoms with Gasteiger partial charge in [-0.15, -0.1) is 0 Å². The highest BCUT2D eigenvalue weighted by Crippen LogP contribution is 2.37. The highest BCUT2D eigenvalue weighted by atomic mass is 35.5. The Balaban J connectivity index is 1.39. The number of aliphatic imine (C=N–C) groups is 1. The summed E-state index contributed by atoms with van der Waals surface area (Å²) in [4.78, 5) is 48.4. The summed E-state index contributed by atoms with van der Waals surface area (Å²) < 4.78 is 13.9. The lowest BCUT2D eigenvalue weighted by Gasteiger charge is -2.33. The van der Waals surface area contributed by atoms with E-state index in [0.717, 1.165) is 59.9 Å². The molecule has 0 bridgehead atoms. The number of nitrogens with two attached hydrogens (primary N) is 1. The van der Waals surface area contributed by atoms with E-state index in [0.29, 0.717) is 30.2 Å². The predicted molar refractivity (Wildman–Crippen MR) is 196 cm³/mol. The first kappa shape index (κ1) is 35.0. The summed E-state index contributed by atoms with van der Waals surface area (Å²) in [5.41, 5.74) is 11.1. The highest BCUT2D eigenvalue weighted by Gasteiger charge is 2.39. The molecule has 7 nitrogen and oxygen atoms in total. The van der Waals surface area contributed by atoms with Crippen molar-refractivity contribution in [3.8, 4) is 11.1 Å². The van der Waals surface area contributed by atoms with Gasteiger partial charge in [0.1, 0.15) is 5.82 Å². The number of para-hydroxylation sites is 1. The smallest absolute Gasteiger partial charge is 0.272 e. The summed E-state index contributed by atoms with van der Waals surface area (Å²) in [6.45, 7) is 2.22. The summed E-state index contributed by atoms with van der Waals surface area (Å²) in [5.74, 6) is -2.73. The number of halogens is 2. The molecule has 3 N–H and O–H groups in total. The molecule has 0 aromatic heterocycles. The van der Waals surface area contributed by atoms with Gasteiger partial charge in [-0.05, 0) is 59.7 Å². The molecule has 1 fully saturated rings. The average Bonchev–Trinajstić information content (AvgIpc) is 3.21. The number of carbonyl (C=O) groups is 3. The number of fused-ring (bicyclic) bond motifs is 1. The van der Waals surface area contributed by atoms with Crippen LogP contribution >= 0.6 is 11.6 Å². The van der Waals surface area contributed by atoms with E-state index in [1.54, 1.807) is 17.0 Å². The molecule has 4 aromatic carbocycles. The topological polar surface area (TPSA) is 105 Å². The molecular formula is C41H42ClFN4O3. The SMILES string of the molecule is CCCC[C@H](C(N)=O)[C@@H](CC1CCC1)C(=O)N[C@H]1N=C(c2ccccc2)c2ccccc2N(Cc2cccc(-c3ccc(F)c(Cl)c3)c2)C1=O. The van der Waals surface area contributed by atoms with Gasteiger partial charge in [0.05, 0.1) is 23.0 Å². The fourth-order valence-electron chi connectivity index (χ4n) is 6.97. The molecular weight excluding hydrogens is 651 g/mol. The zero-order valence-electron chi connectivity index (χ0n) is 28.2. The number of hydrogen-bond donors (Lipinski definition) is 2. The molecule has 0 saturated heterocycles. The van der Waals surface area contributed by atoms with Crippen LogP contribution in [0.1, 0.15) is 68.6 Å². The first-order chi connectivity index (χ1) is 24.2. The van der Waals surface area contributed by atoms with Crippen LogP contribution in [0, 0.1) is 23.6 Å². The number of rotatable bonds is 13. The molecule has 2 aliphatic rings. The number of primary amides is 1. The number of nitrogens with one attached hydrogen (secondary N) is 1. The van der Waals surface area contributed by atoms with Gasteiger partial charge in [0.15, 0.2) is 0 Å². The number of anilines is 1. The first-order valence-electron chi connectivity index (χ1n) is 17.4. The Morgan fingerprint density at radius 3 is 2.36 bits per heavy atom. The fourth-order valence-corrected chi connectivity index (χ4v) is 7.15. The Bertz CT molecular complexity index is 1890. The molecule has 1 aliphatic carbocycles. The van der Waals surface area contributed by atoms with Gasteiger partial charge in [0.2, 0.25) is 18.0 Å². The second-order valence-corrected chi connectivity index (χ2v) is 13.7. The van der Waals surface area contributed by atoms with Crippen molar-refractivity contribution in [1.82, 2.24) is 5.32 Å². The predicted octanol–water partition coefficient (Wildman–Crippen LogP) is 8.07. The van der Waals surface area contributed by atoms with Crippen LogP contribution in [0.5, 0.6) is 0 Å². The second kappa shape index (κ2) is 15.8. The summed E-state index contributed by atoms with van der Waals surface area (Å²) in [5, 5.41) is 3.02. The molecule has 3 atom stereocenters. The average molecular weight is 693 g/mol. The Morgan fingerprint density at radius 1 is 0.940 bits per heavy atom. The monoisotopic (exact) mass is 692 g/mol. The third kappa shape index (κ3) is 7.81. The van der Waals surface area contributed by atoms with Gasteiger partial charge in [-0.3, -0.25) is 14.4 Å². The molecule has 6 rings (SSSR count). The van der Waals surface area contributed by atoms with Gasteiger partial charge in [-0.2, -0.15) is 0 Å². The minimum absolute atomic E-state index is 0.0255. The van der Waals surface area contributed by atoms with Gasteiger partial charge >= 0.3 is 0 Å². The molecule has 0 radical (unpaired) electrons. The number of nitrogens with zero attached hydrogens (tertiary/aromatic N) is 2. The molecule has 0 unspecified atom stereocenters. The zero-order valence-corrected chi connectivity index (χ0v) is 28.9. The van der Waals surface area contributed by atoms with Crippen molar-refractivity contribution in [2.75, 3.05) is 4.90 Å². The molecule has 258 valence electrons. The minimum atomic E-state index is -1.26. The van der Waals surface area contributed by atoms with Crippen LogP contribution in [0.4, 0.5) is 10.1 Å². The number of carbonyl (C=O) groups excluding carboxylic acids is 3. The Hall–Kier alpha value is -4.82. The largest absolute Gasteiger partial charge is 0.369 e. The Labute approximate surface area is 297 Å². The van der Waals surface area contributed by atoms with Crippen molar-refractivity contribution in [2.45, 2.75) is 64.6 Å². The number of amides is 3. The maximum absolute atomic E-state index is 14.7. The van der Waals surface area contributed by atoms with Crippen molar-refractivity contribution in [1.29, 1.82) is 0 Å². The van der Waals surface area contributed by atoms with Crippen molar-refractivity contribution in [2.24, 2.45) is 28.5 Å². The maximum atomic E-state index is 14.7. The summed E-state index contributed by atoms with van der Waals surface area (Å²) >= 11 is 6.10. The van der Waals surface area contributed by atoms with Crippen molar-refractivity contribution < 1.29 is 18.8 Å². The lowest BCUT2D eigenvalue weighted by atomic mass is 9.73. The van der Waals surface area contributed by atoms with Crippen molar-refractivity contribution in [3.63, 3.8) is 0 Å². The fraction of sp³-hybridized carbons (Fsp3) is 0.317. The molecule has 0 spiro atoms. The lowest BCUT2D eigenvalue weighted by Crippen LogP contribution is -2.51. The quantitative estimate of drug-likeness (QED) is 0.148. The standard InChI is InChI=1S/C41H42ClFN4O3/c1-2-3-17-31(38(44)48)33(23-26-11-9-12-26)40(49)46-39-41(50)47(25-27-13-10-16-29(22-27)30-20-21-35(43)34(42)24-30)36-19-8-7-18-32(36)37(45-39)28-14-5-4-6-15-28/h4-8,10,13-16,18-22,24,26,31,33,39H,2-3,9,11-12,17,23,25H2,1H3,(H2,44,48)(H,46,49)/t31-,33+,39+/m0/s1. The van der Waals surface area contributed by atoms with Gasteiger partial charge in [-0.1, -0.05) is 123 Å². The van der Waals surface area contributed by atoms with Crippen LogP contribution in [0.3, 0.4) is 0 Å². The van der Waals surface area contributed by atoms with Crippen LogP contribution in [0.2, 0.25) is 5.02 Å². The van der Waals surface area contributed by atoms with E-state index in [1.165, 1.54) is 6.07 Å². The summed E-state index contributed by atoms with van der Waals surface area (Å²) in [6, 6.07) is 29.4. The highest BCUT2D eigenvalue weighted by molar-refractivity contribution is 6.31. The molecule has 4 aromatic rings. The first-order valence-corrected chi connectivity index (χ1v) is 17.8. The van der Waals surface area contributed by atoms with E-state index in [9.17, 15) is 18.8 Å². The van der Waals surface area contributed by atoms with Crippen LogP contribution < -0.4 is 16.0 Å². The third-order valence-corrected chi connectivity index (χ3v) is 10.2. The van der Waals surface area contributed by atoms with Crippen molar-refractivity contribution in [3.05, 3.63) is 125 Å². The Kier molecular flexibility index (Phi) is 11.1. The number of benzene rings is 4. The van der Waals surface area contributed by atoms with E-state index in [-0.39, 0.29) is 17.5 Å². The van der Waals surface area contributed by atoms with Gasteiger partial charge in [-0.25, -0.2) is 9.38 Å². The van der Waals surface area contributed by atoms with Crippen LogP contribution in [0.25, 0.3) is 11.1 Å². The van der Waals surface area contributed by atoms with Gasteiger partial charge in [0.25, 0.3) is 5.91 Å². The summed E-state index contributed by atoms with van der Waals surface area (Å²) in [7, 11) is 0. The molecule has 1 heterocycles. The summed E-state index contributed by atoms with van der Waals surface area (Å²) in [6.07, 6.45) is 4.56. The van der Waals surface area contributed by atoms with E-state index in [1.807, 2.05) is 85.8 Å². The lowest BCUT2D eigenvalue weighted by molar-refractivity contribution is -0.136. The van der Waals surface area contributed by atoms with Gasteiger partial charge < -0.3 is 16.0 Å². The van der Waals surface area contributed by atoms with Crippen molar-refractivity contribution >= 4 is 40.7 Å². The maximum Gasteiger partial charge on any atom is 0.272 e. The molecule has 9 heteroatoms. The van der Waals surface area contributed by atoms with Crippen LogP contribution in [-0.4, -0.2) is 29.6 Å². The molecule has 1 saturated carbocycles. The minimum Gasteiger partial charge on any atom is -0.369 e. The normalized spacial score (nSPS) is 17.2.